The molecule has 0 radical (unpaired) electrons. The maximum Gasteiger partial charge on any atom is 0.0677 e. The third-order valence-corrected chi connectivity index (χ3v) is 5.56. The third-order valence-electron chi connectivity index (χ3n) is 5.56. The van der Waals surface area contributed by atoms with Crippen LogP contribution in [0, 0.1) is 11.8 Å². The van der Waals surface area contributed by atoms with Crippen LogP contribution in [0.1, 0.15) is 79.1 Å². The van der Waals surface area contributed by atoms with E-state index in [4.69, 9.17) is 4.74 Å². The van der Waals surface area contributed by atoms with Gasteiger partial charge in [0.1, 0.15) is 0 Å². The fraction of sp³-hybridized carbons (Fsp3) is 1.00. The van der Waals surface area contributed by atoms with Gasteiger partial charge in [-0.25, -0.2) is 0 Å². The predicted octanol–water partition coefficient (Wildman–Crippen LogP) is 4.53. The highest BCUT2D eigenvalue weighted by Crippen LogP contribution is 2.45. The largest absolute Gasteiger partial charge is 0.369 e. The molecule has 2 rings (SSSR count). The third kappa shape index (κ3) is 3.98. The van der Waals surface area contributed by atoms with E-state index in [1.54, 1.807) is 0 Å². The molecule has 1 aliphatic heterocycles. The lowest BCUT2D eigenvalue weighted by Crippen LogP contribution is -2.43. The van der Waals surface area contributed by atoms with Crippen LogP contribution in [0.3, 0.4) is 0 Å². The molecule has 2 unspecified atom stereocenters. The Bertz CT molecular complexity index is 303. The van der Waals surface area contributed by atoms with Crippen molar-refractivity contribution in [2.45, 2.75) is 96.3 Å². The van der Waals surface area contributed by atoms with Crippen molar-refractivity contribution in [2.24, 2.45) is 11.8 Å². The van der Waals surface area contributed by atoms with Crippen LogP contribution in [0.2, 0.25) is 0 Å². The SMILES string of the molecule is CNC(CC1CCCCCC1)C1CC(C)(C)OC1(C)C. The van der Waals surface area contributed by atoms with Gasteiger partial charge in [-0.3, -0.25) is 0 Å². The second-order valence-corrected chi connectivity index (χ2v) is 8.26. The van der Waals surface area contributed by atoms with Gasteiger partial charge in [0.25, 0.3) is 0 Å². The number of rotatable bonds is 4. The van der Waals surface area contributed by atoms with Gasteiger partial charge >= 0.3 is 0 Å². The monoisotopic (exact) mass is 281 g/mol. The van der Waals surface area contributed by atoms with Crippen LogP contribution < -0.4 is 5.32 Å². The van der Waals surface area contributed by atoms with Crippen molar-refractivity contribution >= 4 is 0 Å². The standard InChI is InChI=1S/C18H35NO/c1-17(2)13-15(18(3,4)20-17)16(19-5)12-14-10-8-6-7-9-11-14/h14-16,19H,6-13H2,1-5H3. The molecular weight excluding hydrogens is 246 g/mol. The van der Waals surface area contributed by atoms with Gasteiger partial charge in [0.15, 0.2) is 0 Å². The highest BCUT2D eigenvalue weighted by Gasteiger charge is 2.48. The van der Waals surface area contributed by atoms with E-state index in [1.165, 1.54) is 51.4 Å². The van der Waals surface area contributed by atoms with Crippen molar-refractivity contribution in [1.29, 1.82) is 0 Å². The molecule has 0 aromatic carbocycles. The lowest BCUT2D eigenvalue weighted by Gasteiger charge is -2.34. The molecule has 2 atom stereocenters. The first-order chi connectivity index (χ1) is 9.34. The summed E-state index contributed by atoms with van der Waals surface area (Å²) >= 11 is 0. The van der Waals surface area contributed by atoms with Crippen molar-refractivity contribution in [3.63, 3.8) is 0 Å². The Morgan fingerprint density at radius 3 is 2.10 bits per heavy atom. The minimum Gasteiger partial charge on any atom is -0.369 e. The molecule has 0 bridgehead atoms. The van der Waals surface area contributed by atoms with Crippen molar-refractivity contribution < 1.29 is 4.74 Å². The zero-order valence-corrected chi connectivity index (χ0v) is 14.3. The van der Waals surface area contributed by atoms with Gasteiger partial charge in [-0.1, -0.05) is 38.5 Å². The second kappa shape index (κ2) is 6.36. The molecule has 0 spiro atoms. The molecule has 118 valence electrons. The molecule has 20 heavy (non-hydrogen) atoms. The van der Waals surface area contributed by atoms with E-state index in [9.17, 15) is 0 Å². The lowest BCUT2D eigenvalue weighted by atomic mass is 9.77. The van der Waals surface area contributed by atoms with Gasteiger partial charge in [0, 0.05) is 12.0 Å². The van der Waals surface area contributed by atoms with E-state index in [1.807, 2.05) is 0 Å². The van der Waals surface area contributed by atoms with Crippen LogP contribution in [0.15, 0.2) is 0 Å². The molecule has 1 saturated heterocycles. The fourth-order valence-electron chi connectivity index (χ4n) is 4.67. The Balaban J connectivity index is 2.00. The number of hydrogen-bond acceptors (Lipinski definition) is 2. The summed E-state index contributed by atoms with van der Waals surface area (Å²) < 4.78 is 6.31. The van der Waals surface area contributed by atoms with Crippen LogP contribution in [0.5, 0.6) is 0 Å². The van der Waals surface area contributed by atoms with Gasteiger partial charge in [-0.05, 0) is 53.5 Å². The highest BCUT2D eigenvalue weighted by molar-refractivity contribution is 4.99. The smallest absolute Gasteiger partial charge is 0.0677 e. The van der Waals surface area contributed by atoms with Crippen LogP contribution in [-0.4, -0.2) is 24.3 Å². The summed E-state index contributed by atoms with van der Waals surface area (Å²) in [5.41, 5.74) is 0.0363. The first-order valence-corrected chi connectivity index (χ1v) is 8.71. The molecule has 1 saturated carbocycles. The fourth-order valence-corrected chi connectivity index (χ4v) is 4.67. The maximum atomic E-state index is 6.31. The molecule has 2 aliphatic rings. The van der Waals surface area contributed by atoms with Crippen LogP contribution >= 0.6 is 0 Å². The van der Waals surface area contributed by atoms with E-state index < -0.39 is 0 Å². The summed E-state index contributed by atoms with van der Waals surface area (Å²) in [5, 5.41) is 3.63. The minimum absolute atomic E-state index is 0.00189. The van der Waals surface area contributed by atoms with Crippen LogP contribution in [0.4, 0.5) is 0 Å². The summed E-state index contributed by atoms with van der Waals surface area (Å²) in [6.07, 6.45) is 11.2. The van der Waals surface area contributed by atoms with Crippen LogP contribution in [0.25, 0.3) is 0 Å². The van der Waals surface area contributed by atoms with Crippen molar-refractivity contribution in [2.75, 3.05) is 7.05 Å². The quantitative estimate of drug-likeness (QED) is 0.765. The average Bonchev–Trinajstić information content (AvgIpc) is 2.55. The van der Waals surface area contributed by atoms with Crippen molar-refractivity contribution in [3.05, 3.63) is 0 Å². The van der Waals surface area contributed by atoms with E-state index >= 15 is 0 Å². The minimum atomic E-state index is 0.00189. The summed E-state index contributed by atoms with van der Waals surface area (Å²) in [6, 6.07) is 0.606. The molecule has 1 heterocycles. The molecule has 1 N–H and O–H groups in total. The van der Waals surface area contributed by atoms with Gasteiger partial charge in [0.2, 0.25) is 0 Å². The molecule has 1 aliphatic carbocycles. The van der Waals surface area contributed by atoms with Gasteiger partial charge < -0.3 is 10.1 Å². The predicted molar refractivity (Wildman–Crippen MR) is 86.0 cm³/mol. The topological polar surface area (TPSA) is 21.3 Å². The zero-order chi connectivity index (χ0) is 14.8. The Morgan fingerprint density at radius 1 is 1.05 bits per heavy atom. The molecule has 0 aromatic heterocycles. The average molecular weight is 281 g/mol. The highest BCUT2D eigenvalue weighted by atomic mass is 16.5. The molecule has 0 aromatic rings. The van der Waals surface area contributed by atoms with E-state index in [0.29, 0.717) is 12.0 Å². The zero-order valence-electron chi connectivity index (χ0n) is 14.3. The number of nitrogens with one attached hydrogen (secondary N) is 1. The molecule has 0 amide bonds. The van der Waals surface area contributed by atoms with Crippen LogP contribution in [-0.2, 0) is 4.74 Å². The van der Waals surface area contributed by atoms with E-state index in [-0.39, 0.29) is 11.2 Å². The Kier molecular flexibility index (Phi) is 5.18. The molecule has 2 fully saturated rings. The summed E-state index contributed by atoms with van der Waals surface area (Å²) in [7, 11) is 2.14. The Hall–Kier alpha value is -0.0800. The van der Waals surface area contributed by atoms with Gasteiger partial charge in [0.05, 0.1) is 11.2 Å². The van der Waals surface area contributed by atoms with Crippen molar-refractivity contribution in [1.82, 2.24) is 5.32 Å². The van der Waals surface area contributed by atoms with Crippen molar-refractivity contribution in [3.8, 4) is 0 Å². The summed E-state index contributed by atoms with van der Waals surface area (Å²) in [6.45, 7) is 9.05. The first-order valence-electron chi connectivity index (χ1n) is 8.71. The maximum absolute atomic E-state index is 6.31. The summed E-state index contributed by atoms with van der Waals surface area (Å²) in [5.74, 6) is 1.56. The molecular formula is C18H35NO. The Labute approximate surface area is 126 Å². The molecule has 2 nitrogen and oxygen atoms in total. The number of ether oxygens (including phenoxy) is 1. The summed E-state index contributed by atoms with van der Waals surface area (Å²) in [4.78, 5) is 0. The lowest BCUT2D eigenvalue weighted by molar-refractivity contribution is -0.0781. The van der Waals surface area contributed by atoms with E-state index in [0.717, 1.165) is 5.92 Å². The molecule has 2 heteroatoms. The first kappa shape index (κ1) is 16.3. The van der Waals surface area contributed by atoms with Gasteiger partial charge in [-0.2, -0.15) is 0 Å². The van der Waals surface area contributed by atoms with Gasteiger partial charge in [-0.15, -0.1) is 0 Å². The normalized spacial score (nSPS) is 31.9. The Morgan fingerprint density at radius 2 is 1.65 bits per heavy atom. The number of hydrogen-bond donors (Lipinski definition) is 1. The second-order valence-electron chi connectivity index (χ2n) is 8.26. The van der Waals surface area contributed by atoms with E-state index in [2.05, 4.69) is 40.1 Å².